The van der Waals surface area contributed by atoms with Crippen molar-refractivity contribution < 1.29 is 27.4 Å². The van der Waals surface area contributed by atoms with Crippen molar-refractivity contribution in [3.8, 4) is 23.1 Å². The van der Waals surface area contributed by atoms with Gasteiger partial charge in [0.05, 0.1) is 26.1 Å². The summed E-state index contributed by atoms with van der Waals surface area (Å²) in [6, 6.07) is 14.2. The summed E-state index contributed by atoms with van der Waals surface area (Å²) in [5.74, 6) is 1.19. The zero-order valence-electron chi connectivity index (χ0n) is 19.2. The average molecular weight is 486 g/mol. The molecule has 0 saturated heterocycles. The van der Waals surface area contributed by atoms with Crippen LogP contribution in [0.1, 0.15) is 30.1 Å². The molecule has 0 spiro atoms. The minimum Gasteiger partial charge on any atom is -0.497 e. The number of sulfonamides is 1. The predicted molar refractivity (Wildman–Crippen MR) is 128 cm³/mol. The van der Waals surface area contributed by atoms with Gasteiger partial charge in [0.1, 0.15) is 22.1 Å². The number of pyridine rings is 1. The molecule has 0 radical (unpaired) electrons. The first kappa shape index (κ1) is 24.8. The van der Waals surface area contributed by atoms with E-state index in [1.165, 1.54) is 44.7 Å². The second kappa shape index (κ2) is 11.4. The molecule has 0 aliphatic carbocycles. The Balaban J connectivity index is 1.66. The molecule has 9 nitrogen and oxygen atoms in total. The number of amides is 1. The van der Waals surface area contributed by atoms with E-state index < -0.39 is 10.0 Å². The molecule has 3 rings (SSSR count). The number of ether oxygens (including phenoxy) is 3. The standard InChI is InChI=1S/C24H27N3O6S/c1-4-5-14-25-24(28)17-6-9-19(10-7-17)33-23-13-8-18(16-26-23)27-34(29,30)22-15-20(31-2)11-12-21(22)32-3/h6-13,15-16,27H,4-5,14H2,1-3H3,(H,25,28). The van der Waals surface area contributed by atoms with Crippen molar-refractivity contribution in [3.63, 3.8) is 0 Å². The number of aromatic nitrogens is 1. The molecule has 1 amide bonds. The van der Waals surface area contributed by atoms with Crippen LogP contribution in [0.2, 0.25) is 0 Å². The summed E-state index contributed by atoms with van der Waals surface area (Å²) in [7, 11) is -1.12. The Hall–Kier alpha value is -3.79. The second-order valence-corrected chi connectivity index (χ2v) is 8.89. The lowest BCUT2D eigenvalue weighted by Crippen LogP contribution is -2.24. The van der Waals surface area contributed by atoms with Crippen LogP contribution in [-0.2, 0) is 10.0 Å². The Morgan fingerprint density at radius 3 is 2.32 bits per heavy atom. The van der Waals surface area contributed by atoms with Gasteiger partial charge in [-0.05, 0) is 48.9 Å². The van der Waals surface area contributed by atoms with Crippen LogP contribution >= 0.6 is 0 Å². The Morgan fingerprint density at radius 1 is 0.971 bits per heavy atom. The molecule has 0 fully saturated rings. The highest BCUT2D eigenvalue weighted by atomic mass is 32.2. The Morgan fingerprint density at radius 2 is 1.71 bits per heavy atom. The lowest BCUT2D eigenvalue weighted by molar-refractivity contribution is 0.0953. The molecular formula is C24H27N3O6S. The molecule has 10 heteroatoms. The quantitative estimate of drug-likeness (QED) is 0.391. The number of anilines is 1. The van der Waals surface area contributed by atoms with Gasteiger partial charge in [-0.3, -0.25) is 9.52 Å². The van der Waals surface area contributed by atoms with E-state index in [0.717, 1.165) is 12.8 Å². The first-order valence-corrected chi connectivity index (χ1v) is 12.1. The molecule has 180 valence electrons. The zero-order valence-corrected chi connectivity index (χ0v) is 20.0. The van der Waals surface area contributed by atoms with Crippen LogP contribution in [0.3, 0.4) is 0 Å². The van der Waals surface area contributed by atoms with Crippen LogP contribution in [0.25, 0.3) is 0 Å². The van der Waals surface area contributed by atoms with Gasteiger partial charge in [-0.2, -0.15) is 0 Å². The molecule has 0 aliphatic heterocycles. The lowest BCUT2D eigenvalue weighted by atomic mass is 10.2. The van der Waals surface area contributed by atoms with Crippen molar-refractivity contribution in [2.24, 2.45) is 0 Å². The third kappa shape index (κ3) is 6.38. The van der Waals surface area contributed by atoms with E-state index in [-0.39, 0.29) is 28.1 Å². The summed E-state index contributed by atoms with van der Waals surface area (Å²) >= 11 is 0. The number of nitrogens with one attached hydrogen (secondary N) is 2. The molecule has 1 heterocycles. The number of rotatable bonds is 11. The number of unbranched alkanes of at least 4 members (excludes halogenated alkanes) is 1. The van der Waals surface area contributed by atoms with Gasteiger partial charge < -0.3 is 19.5 Å². The number of hydrogen-bond donors (Lipinski definition) is 2. The fourth-order valence-corrected chi connectivity index (χ4v) is 4.21. The van der Waals surface area contributed by atoms with Gasteiger partial charge in [0.2, 0.25) is 5.88 Å². The largest absolute Gasteiger partial charge is 0.497 e. The molecule has 3 aromatic rings. The number of nitrogens with zero attached hydrogens (tertiary/aromatic N) is 1. The highest BCUT2D eigenvalue weighted by molar-refractivity contribution is 7.92. The highest BCUT2D eigenvalue weighted by Crippen LogP contribution is 2.30. The molecule has 0 atom stereocenters. The molecule has 2 N–H and O–H groups in total. The first-order valence-electron chi connectivity index (χ1n) is 10.6. The number of carbonyl (C=O) groups is 1. The Kier molecular flexibility index (Phi) is 8.31. The van der Waals surface area contributed by atoms with Crippen LogP contribution in [0.15, 0.2) is 65.7 Å². The van der Waals surface area contributed by atoms with Gasteiger partial charge in [-0.15, -0.1) is 0 Å². The number of carbonyl (C=O) groups excluding carboxylic acids is 1. The third-order valence-corrected chi connectivity index (χ3v) is 6.21. The zero-order chi connectivity index (χ0) is 24.6. The van der Waals surface area contributed by atoms with Gasteiger partial charge in [-0.1, -0.05) is 13.3 Å². The smallest absolute Gasteiger partial charge is 0.265 e. The molecule has 0 unspecified atom stereocenters. The second-order valence-electron chi connectivity index (χ2n) is 7.24. The maximum atomic E-state index is 12.9. The predicted octanol–water partition coefficient (Wildman–Crippen LogP) is 4.22. The molecule has 0 bridgehead atoms. The molecule has 0 saturated carbocycles. The fourth-order valence-electron chi connectivity index (χ4n) is 2.98. The van der Waals surface area contributed by atoms with Crippen LogP contribution in [-0.4, -0.2) is 40.1 Å². The van der Waals surface area contributed by atoms with E-state index >= 15 is 0 Å². The average Bonchev–Trinajstić information content (AvgIpc) is 2.85. The van der Waals surface area contributed by atoms with Crippen molar-refractivity contribution in [1.82, 2.24) is 10.3 Å². The lowest BCUT2D eigenvalue weighted by Gasteiger charge is -2.13. The van der Waals surface area contributed by atoms with Crippen molar-refractivity contribution in [2.45, 2.75) is 24.7 Å². The van der Waals surface area contributed by atoms with Gasteiger partial charge in [-0.25, -0.2) is 13.4 Å². The maximum Gasteiger partial charge on any atom is 0.265 e. The minimum atomic E-state index is -3.96. The van der Waals surface area contributed by atoms with Crippen molar-refractivity contribution in [3.05, 3.63) is 66.4 Å². The van der Waals surface area contributed by atoms with Crippen molar-refractivity contribution >= 4 is 21.6 Å². The van der Waals surface area contributed by atoms with E-state index in [4.69, 9.17) is 14.2 Å². The van der Waals surface area contributed by atoms with E-state index in [9.17, 15) is 13.2 Å². The topological polar surface area (TPSA) is 116 Å². The maximum absolute atomic E-state index is 12.9. The minimum absolute atomic E-state index is 0.0616. The summed E-state index contributed by atoms with van der Waals surface area (Å²) in [6.07, 6.45) is 3.28. The van der Waals surface area contributed by atoms with Gasteiger partial charge in [0, 0.05) is 24.2 Å². The molecule has 34 heavy (non-hydrogen) atoms. The first-order chi connectivity index (χ1) is 16.4. The third-order valence-electron chi connectivity index (χ3n) is 4.80. The summed E-state index contributed by atoms with van der Waals surface area (Å²) in [5.41, 5.74) is 0.783. The van der Waals surface area contributed by atoms with Crippen molar-refractivity contribution in [2.75, 3.05) is 25.5 Å². The Labute approximate surface area is 199 Å². The molecule has 0 aliphatic rings. The SMILES string of the molecule is CCCCNC(=O)c1ccc(Oc2ccc(NS(=O)(=O)c3cc(OC)ccc3OC)cn2)cc1. The van der Waals surface area contributed by atoms with Crippen molar-refractivity contribution in [1.29, 1.82) is 0 Å². The summed E-state index contributed by atoms with van der Waals surface area (Å²) in [6.45, 7) is 2.70. The van der Waals surface area contributed by atoms with Gasteiger partial charge >= 0.3 is 0 Å². The number of benzene rings is 2. The van der Waals surface area contributed by atoms with Crippen LogP contribution in [0.4, 0.5) is 5.69 Å². The summed E-state index contributed by atoms with van der Waals surface area (Å²) < 4.78 is 44.2. The normalized spacial score (nSPS) is 10.9. The number of hydrogen-bond acceptors (Lipinski definition) is 7. The Bertz CT molecular complexity index is 1210. The fraction of sp³-hybridized carbons (Fsp3) is 0.250. The molecular weight excluding hydrogens is 458 g/mol. The van der Waals surface area contributed by atoms with E-state index in [1.807, 2.05) is 0 Å². The van der Waals surface area contributed by atoms with Gasteiger partial charge in [0.25, 0.3) is 15.9 Å². The number of methoxy groups -OCH3 is 2. The van der Waals surface area contributed by atoms with E-state index in [1.54, 1.807) is 30.3 Å². The monoisotopic (exact) mass is 485 g/mol. The molecule has 2 aromatic carbocycles. The van der Waals surface area contributed by atoms with Crippen LogP contribution < -0.4 is 24.2 Å². The molecule has 1 aromatic heterocycles. The van der Waals surface area contributed by atoms with Crippen LogP contribution in [0, 0.1) is 0 Å². The summed E-state index contributed by atoms with van der Waals surface area (Å²) in [5, 5.41) is 2.86. The van der Waals surface area contributed by atoms with E-state index in [2.05, 4.69) is 21.9 Å². The van der Waals surface area contributed by atoms with Crippen LogP contribution in [0.5, 0.6) is 23.1 Å². The van der Waals surface area contributed by atoms with Gasteiger partial charge in [0.15, 0.2) is 0 Å². The van der Waals surface area contributed by atoms with E-state index in [0.29, 0.717) is 23.6 Å². The summed E-state index contributed by atoms with van der Waals surface area (Å²) in [4.78, 5) is 16.2. The highest BCUT2D eigenvalue weighted by Gasteiger charge is 2.21.